The quantitative estimate of drug-likeness (QED) is 0.813. The van der Waals surface area contributed by atoms with Crippen LogP contribution in [0.3, 0.4) is 0 Å². The fourth-order valence-electron chi connectivity index (χ4n) is 2.99. The Labute approximate surface area is 133 Å². The van der Waals surface area contributed by atoms with Crippen molar-refractivity contribution in [1.29, 1.82) is 0 Å². The molecule has 21 heavy (non-hydrogen) atoms. The van der Waals surface area contributed by atoms with Crippen molar-refractivity contribution in [2.45, 2.75) is 38.2 Å². The number of aliphatic hydroxyl groups is 1. The Morgan fingerprint density at radius 2 is 2.05 bits per heavy atom. The van der Waals surface area contributed by atoms with Gasteiger partial charge in [-0.2, -0.15) is 0 Å². The van der Waals surface area contributed by atoms with Crippen LogP contribution in [0.1, 0.15) is 37.7 Å². The first-order valence-electron chi connectivity index (χ1n) is 8.02. The lowest BCUT2D eigenvalue weighted by atomic mass is 9.92. The number of nitrogens with one attached hydrogen (secondary N) is 1. The average molecular weight is 311 g/mol. The molecule has 0 spiro atoms. The molecule has 1 fully saturated rings. The van der Waals surface area contributed by atoms with Crippen LogP contribution in [0.25, 0.3) is 0 Å². The van der Waals surface area contributed by atoms with Crippen molar-refractivity contribution in [1.82, 2.24) is 10.2 Å². The van der Waals surface area contributed by atoms with Gasteiger partial charge in [-0.05, 0) is 43.4 Å². The van der Waals surface area contributed by atoms with Crippen molar-refractivity contribution in [3.05, 3.63) is 34.9 Å². The first-order valence-corrected chi connectivity index (χ1v) is 8.39. The summed E-state index contributed by atoms with van der Waals surface area (Å²) < 4.78 is 0. The molecule has 3 nitrogen and oxygen atoms in total. The van der Waals surface area contributed by atoms with Crippen LogP contribution >= 0.6 is 11.6 Å². The van der Waals surface area contributed by atoms with Gasteiger partial charge in [0.15, 0.2) is 0 Å². The molecule has 0 bridgehead atoms. The van der Waals surface area contributed by atoms with E-state index >= 15 is 0 Å². The molecule has 0 aromatic heterocycles. The van der Waals surface area contributed by atoms with Crippen LogP contribution in [0, 0.1) is 0 Å². The van der Waals surface area contributed by atoms with Crippen molar-refractivity contribution in [3.8, 4) is 0 Å². The molecule has 2 unspecified atom stereocenters. The minimum atomic E-state index is -0.204. The van der Waals surface area contributed by atoms with Gasteiger partial charge in [-0.15, -0.1) is 0 Å². The maximum atomic E-state index is 9.46. The van der Waals surface area contributed by atoms with E-state index in [0.717, 1.165) is 57.0 Å². The Morgan fingerprint density at radius 3 is 2.71 bits per heavy atom. The second-order valence-electron chi connectivity index (χ2n) is 6.08. The Kier molecular flexibility index (Phi) is 6.97. The van der Waals surface area contributed by atoms with E-state index in [2.05, 4.69) is 22.3 Å². The van der Waals surface area contributed by atoms with E-state index in [0.29, 0.717) is 5.92 Å². The van der Waals surface area contributed by atoms with Crippen LogP contribution in [0.4, 0.5) is 0 Å². The van der Waals surface area contributed by atoms with Crippen molar-refractivity contribution >= 4 is 11.6 Å². The van der Waals surface area contributed by atoms with E-state index in [1.165, 1.54) is 5.56 Å². The van der Waals surface area contributed by atoms with E-state index in [9.17, 15) is 5.11 Å². The zero-order valence-electron chi connectivity index (χ0n) is 12.9. The number of piperazine rings is 1. The number of nitrogens with zero attached hydrogens (tertiary/aromatic N) is 1. The molecule has 1 aromatic carbocycles. The summed E-state index contributed by atoms with van der Waals surface area (Å²) in [6.07, 6.45) is 2.83. The van der Waals surface area contributed by atoms with Gasteiger partial charge in [0.2, 0.25) is 0 Å². The highest BCUT2D eigenvalue weighted by atomic mass is 35.5. The molecule has 2 rings (SSSR count). The third kappa shape index (κ3) is 5.95. The third-order valence-corrected chi connectivity index (χ3v) is 4.42. The van der Waals surface area contributed by atoms with Crippen molar-refractivity contribution in [2.24, 2.45) is 0 Å². The van der Waals surface area contributed by atoms with Crippen LogP contribution in [0.15, 0.2) is 24.3 Å². The number of rotatable bonds is 7. The maximum absolute atomic E-state index is 9.46. The van der Waals surface area contributed by atoms with Crippen molar-refractivity contribution in [2.75, 3.05) is 32.7 Å². The first kappa shape index (κ1) is 16.8. The zero-order valence-corrected chi connectivity index (χ0v) is 13.6. The third-order valence-electron chi connectivity index (χ3n) is 4.18. The van der Waals surface area contributed by atoms with Gasteiger partial charge >= 0.3 is 0 Å². The van der Waals surface area contributed by atoms with Crippen LogP contribution in [0.5, 0.6) is 0 Å². The summed E-state index contributed by atoms with van der Waals surface area (Å²) in [4.78, 5) is 2.53. The molecule has 0 amide bonds. The molecule has 1 saturated heterocycles. The van der Waals surface area contributed by atoms with Gasteiger partial charge in [0, 0.05) is 37.7 Å². The van der Waals surface area contributed by atoms with Crippen molar-refractivity contribution in [3.63, 3.8) is 0 Å². The van der Waals surface area contributed by atoms with Crippen LogP contribution < -0.4 is 5.32 Å². The molecule has 0 saturated carbocycles. The Bertz CT molecular complexity index is 419. The lowest BCUT2D eigenvalue weighted by molar-refractivity contribution is 0.176. The Balaban J connectivity index is 1.98. The normalized spacial score (nSPS) is 19.4. The molecule has 1 heterocycles. The molecule has 1 aromatic rings. The van der Waals surface area contributed by atoms with E-state index in [1.807, 2.05) is 19.1 Å². The SMILES string of the molecule is CC(O)CCCC(CN1CCNCC1)c1cccc(Cl)c1. The predicted octanol–water partition coefficient (Wildman–Crippen LogP) is 2.88. The molecule has 4 heteroatoms. The Morgan fingerprint density at radius 1 is 1.29 bits per heavy atom. The maximum Gasteiger partial charge on any atom is 0.0512 e. The number of aliphatic hydroxyl groups excluding tert-OH is 1. The molecule has 2 N–H and O–H groups in total. The molecule has 118 valence electrons. The summed E-state index contributed by atoms with van der Waals surface area (Å²) in [5.41, 5.74) is 1.33. The standard InChI is InChI=1S/C17H27ClN2O/c1-14(21)4-2-6-16(13-20-10-8-19-9-11-20)15-5-3-7-17(18)12-15/h3,5,7,12,14,16,19,21H,2,4,6,8-11,13H2,1H3. The average Bonchev–Trinajstić information content (AvgIpc) is 2.47. The smallest absolute Gasteiger partial charge is 0.0512 e. The molecular weight excluding hydrogens is 284 g/mol. The summed E-state index contributed by atoms with van der Waals surface area (Å²) in [7, 11) is 0. The van der Waals surface area contributed by atoms with Gasteiger partial charge < -0.3 is 15.3 Å². The lowest BCUT2D eigenvalue weighted by Gasteiger charge is -2.31. The van der Waals surface area contributed by atoms with E-state index in [4.69, 9.17) is 11.6 Å². The zero-order chi connectivity index (χ0) is 15.1. The summed E-state index contributed by atoms with van der Waals surface area (Å²) in [5.74, 6) is 0.501. The second-order valence-corrected chi connectivity index (χ2v) is 6.52. The minimum absolute atomic E-state index is 0.204. The fraction of sp³-hybridized carbons (Fsp3) is 0.647. The number of halogens is 1. The molecule has 1 aliphatic rings. The van der Waals surface area contributed by atoms with Gasteiger partial charge in [-0.1, -0.05) is 30.2 Å². The van der Waals surface area contributed by atoms with Crippen molar-refractivity contribution < 1.29 is 5.11 Å². The first-order chi connectivity index (χ1) is 10.1. The predicted molar refractivity (Wildman–Crippen MR) is 89.0 cm³/mol. The lowest BCUT2D eigenvalue weighted by Crippen LogP contribution is -2.45. The van der Waals surface area contributed by atoms with Crippen LogP contribution in [0.2, 0.25) is 5.02 Å². The van der Waals surface area contributed by atoms with Gasteiger partial charge in [0.25, 0.3) is 0 Å². The fourth-order valence-corrected chi connectivity index (χ4v) is 3.19. The van der Waals surface area contributed by atoms with E-state index in [1.54, 1.807) is 0 Å². The van der Waals surface area contributed by atoms with Crippen LogP contribution in [-0.4, -0.2) is 48.8 Å². The van der Waals surface area contributed by atoms with Gasteiger partial charge in [0.05, 0.1) is 6.10 Å². The van der Waals surface area contributed by atoms with E-state index < -0.39 is 0 Å². The Hall–Kier alpha value is -0.610. The molecule has 2 atom stereocenters. The summed E-state index contributed by atoms with van der Waals surface area (Å²) in [6.45, 7) is 7.35. The molecular formula is C17H27ClN2O. The van der Waals surface area contributed by atoms with Gasteiger partial charge in [-0.25, -0.2) is 0 Å². The summed E-state index contributed by atoms with van der Waals surface area (Å²) in [6, 6.07) is 8.25. The summed E-state index contributed by atoms with van der Waals surface area (Å²) >= 11 is 6.15. The van der Waals surface area contributed by atoms with E-state index in [-0.39, 0.29) is 6.10 Å². The topological polar surface area (TPSA) is 35.5 Å². The number of hydrogen-bond donors (Lipinski definition) is 2. The second kappa shape index (κ2) is 8.74. The minimum Gasteiger partial charge on any atom is -0.393 e. The largest absolute Gasteiger partial charge is 0.393 e. The molecule has 1 aliphatic heterocycles. The van der Waals surface area contributed by atoms with Gasteiger partial charge in [-0.3, -0.25) is 0 Å². The highest BCUT2D eigenvalue weighted by Crippen LogP contribution is 2.26. The highest BCUT2D eigenvalue weighted by molar-refractivity contribution is 6.30. The summed E-state index contributed by atoms with van der Waals surface area (Å²) in [5, 5.41) is 13.7. The van der Waals surface area contributed by atoms with Gasteiger partial charge in [0.1, 0.15) is 0 Å². The molecule has 0 aliphatic carbocycles. The highest BCUT2D eigenvalue weighted by Gasteiger charge is 2.18. The number of benzene rings is 1. The number of hydrogen-bond acceptors (Lipinski definition) is 3. The molecule has 0 radical (unpaired) electrons. The van der Waals surface area contributed by atoms with Crippen LogP contribution in [-0.2, 0) is 0 Å². The monoisotopic (exact) mass is 310 g/mol.